The first-order valence-electron chi connectivity index (χ1n) is 9.57. The van der Waals surface area contributed by atoms with E-state index in [0.717, 1.165) is 44.9 Å². The number of amides is 1. The highest BCUT2D eigenvalue weighted by molar-refractivity contribution is 7.20. The van der Waals surface area contributed by atoms with Gasteiger partial charge in [-0.2, -0.15) is 5.10 Å². The van der Waals surface area contributed by atoms with Gasteiger partial charge in [-0.05, 0) is 31.0 Å². The molecule has 2 heterocycles. The van der Waals surface area contributed by atoms with Crippen molar-refractivity contribution in [3.8, 4) is 17.0 Å². The van der Waals surface area contributed by atoms with Crippen LogP contribution in [0.25, 0.3) is 21.5 Å². The van der Waals surface area contributed by atoms with Gasteiger partial charge in [-0.3, -0.25) is 9.48 Å². The number of carbonyl (C=O) groups is 1. The normalized spacial score (nSPS) is 15.6. The van der Waals surface area contributed by atoms with Crippen molar-refractivity contribution in [3.05, 3.63) is 35.2 Å². The predicted octanol–water partition coefficient (Wildman–Crippen LogP) is 4.76. The van der Waals surface area contributed by atoms with Crippen LogP contribution in [0.5, 0.6) is 5.75 Å². The van der Waals surface area contributed by atoms with Crippen molar-refractivity contribution in [2.45, 2.75) is 44.6 Å². The van der Waals surface area contributed by atoms with Crippen LogP contribution in [-0.4, -0.2) is 28.8 Å². The maximum Gasteiger partial charge on any atom is 0.261 e. The van der Waals surface area contributed by atoms with Gasteiger partial charge in [0.25, 0.3) is 5.91 Å². The van der Waals surface area contributed by atoms with E-state index >= 15 is 0 Å². The molecule has 1 saturated carbocycles. The molecule has 0 atom stereocenters. The van der Waals surface area contributed by atoms with Gasteiger partial charge in [-0.1, -0.05) is 37.8 Å². The Kier molecular flexibility index (Phi) is 5.16. The molecule has 0 bridgehead atoms. The molecule has 0 unspecified atom stereocenters. The third-order valence-corrected chi connectivity index (χ3v) is 6.47. The molecule has 4 rings (SSSR count). The van der Waals surface area contributed by atoms with E-state index in [2.05, 4.69) is 10.4 Å². The van der Waals surface area contributed by atoms with E-state index < -0.39 is 0 Å². The Morgan fingerprint density at radius 3 is 2.74 bits per heavy atom. The highest BCUT2D eigenvalue weighted by atomic mass is 32.1. The van der Waals surface area contributed by atoms with Crippen molar-refractivity contribution in [2.75, 3.05) is 7.11 Å². The summed E-state index contributed by atoms with van der Waals surface area (Å²) in [6, 6.07) is 10.2. The lowest BCUT2D eigenvalue weighted by molar-refractivity contribution is 0.0937. The second-order valence-electron chi connectivity index (χ2n) is 7.20. The zero-order chi connectivity index (χ0) is 18.8. The number of hydrogen-bond donors (Lipinski definition) is 1. The van der Waals surface area contributed by atoms with E-state index in [-0.39, 0.29) is 5.91 Å². The first-order chi connectivity index (χ1) is 13.2. The molecular formula is C21H25N3O2S. The number of fused-ring (bicyclic) bond motifs is 1. The van der Waals surface area contributed by atoms with Crippen LogP contribution in [0.4, 0.5) is 0 Å². The smallest absolute Gasteiger partial charge is 0.261 e. The summed E-state index contributed by atoms with van der Waals surface area (Å²) in [4.78, 5) is 14.6. The number of aryl methyl sites for hydroxylation is 1. The summed E-state index contributed by atoms with van der Waals surface area (Å²) in [6.07, 6.45) is 7.17. The third kappa shape index (κ3) is 3.72. The van der Waals surface area contributed by atoms with E-state index in [0.29, 0.717) is 6.04 Å². The van der Waals surface area contributed by atoms with Gasteiger partial charge in [0.1, 0.15) is 16.3 Å². The molecule has 5 nitrogen and oxygen atoms in total. The van der Waals surface area contributed by atoms with Gasteiger partial charge < -0.3 is 10.1 Å². The monoisotopic (exact) mass is 383 g/mol. The fraction of sp³-hybridized carbons (Fsp3) is 0.429. The zero-order valence-corrected chi connectivity index (χ0v) is 16.6. The quantitative estimate of drug-likeness (QED) is 0.661. The van der Waals surface area contributed by atoms with Crippen LogP contribution in [-0.2, 0) is 7.05 Å². The first-order valence-corrected chi connectivity index (χ1v) is 10.4. The SMILES string of the molecule is COc1cccc(-c2nn(C)c3sc(C(=O)NC4CCCCCC4)cc23)c1. The molecule has 0 saturated heterocycles. The molecule has 2 aromatic heterocycles. The molecule has 1 aromatic carbocycles. The highest BCUT2D eigenvalue weighted by Gasteiger charge is 2.21. The third-order valence-electron chi connectivity index (χ3n) is 5.27. The van der Waals surface area contributed by atoms with E-state index in [1.165, 1.54) is 37.0 Å². The molecule has 0 aliphatic heterocycles. The maximum atomic E-state index is 12.8. The number of aromatic nitrogens is 2. The summed E-state index contributed by atoms with van der Waals surface area (Å²) in [5.41, 5.74) is 1.88. The van der Waals surface area contributed by atoms with E-state index in [4.69, 9.17) is 4.74 Å². The molecule has 1 N–H and O–H groups in total. The molecule has 1 fully saturated rings. The molecule has 142 valence electrons. The lowest BCUT2D eigenvalue weighted by atomic mass is 10.1. The molecule has 6 heteroatoms. The molecule has 1 aliphatic rings. The number of carbonyl (C=O) groups excluding carboxylic acids is 1. The predicted molar refractivity (Wildman–Crippen MR) is 110 cm³/mol. The van der Waals surface area contributed by atoms with Crippen LogP contribution in [0.1, 0.15) is 48.2 Å². The Morgan fingerprint density at radius 1 is 1.22 bits per heavy atom. The van der Waals surface area contributed by atoms with Crippen LogP contribution < -0.4 is 10.1 Å². The number of thiophene rings is 1. The van der Waals surface area contributed by atoms with Gasteiger partial charge >= 0.3 is 0 Å². The van der Waals surface area contributed by atoms with Crippen molar-refractivity contribution >= 4 is 27.5 Å². The Morgan fingerprint density at radius 2 is 2.00 bits per heavy atom. The van der Waals surface area contributed by atoms with Gasteiger partial charge in [0.2, 0.25) is 0 Å². The average Bonchev–Trinajstić information content (AvgIpc) is 3.14. The largest absolute Gasteiger partial charge is 0.497 e. The van der Waals surface area contributed by atoms with Gasteiger partial charge in [-0.15, -0.1) is 11.3 Å². The summed E-state index contributed by atoms with van der Waals surface area (Å²) in [5.74, 6) is 0.840. The molecule has 1 aliphatic carbocycles. The average molecular weight is 384 g/mol. The first kappa shape index (κ1) is 18.0. The highest BCUT2D eigenvalue weighted by Crippen LogP contribution is 2.35. The summed E-state index contributed by atoms with van der Waals surface area (Å²) < 4.78 is 7.20. The molecule has 0 spiro atoms. The van der Waals surface area contributed by atoms with Crippen molar-refractivity contribution in [3.63, 3.8) is 0 Å². The van der Waals surface area contributed by atoms with Crippen LogP contribution in [0, 0.1) is 0 Å². The minimum atomic E-state index is 0.0414. The Balaban J connectivity index is 1.63. The van der Waals surface area contributed by atoms with E-state index in [1.807, 2.05) is 42.1 Å². The minimum Gasteiger partial charge on any atom is -0.497 e. The van der Waals surface area contributed by atoms with E-state index in [1.54, 1.807) is 7.11 Å². The van der Waals surface area contributed by atoms with Gasteiger partial charge in [0.15, 0.2) is 0 Å². The summed E-state index contributed by atoms with van der Waals surface area (Å²) in [6.45, 7) is 0. The van der Waals surface area contributed by atoms with Gasteiger partial charge in [-0.25, -0.2) is 0 Å². The lowest BCUT2D eigenvalue weighted by Crippen LogP contribution is -2.33. The number of hydrogen-bond acceptors (Lipinski definition) is 4. The Hall–Kier alpha value is -2.34. The Bertz CT molecular complexity index is 952. The fourth-order valence-corrected chi connectivity index (χ4v) is 4.79. The van der Waals surface area contributed by atoms with Crippen molar-refractivity contribution in [1.82, 2.24) is 15.1 Å². The van der Waals surface area contributed by atoms with Crippen LogP contribution >= 0.6 is 11.3 Å². The number of rotatable bonds is 4. The number of methoxy groups -OCH3 is 1. The summed E-state index contributed by atoms with van der Waals surface area (Å²) >= 11 is 1.51. The summed E-state index contributed by atoms with van der Waals surface area (Å²) in [7, 11) is 3.59. The number of ether oxygens (including phenoxy) is 1. The number of benzene rings is 1. The fourth-order valence-electron chi connectivity index (χ4n) is 3.82. The maximum absolute atomic E-state index is 12.8. The topological polar surface area (TPSA) is 56.2 Å². The molecule has 27 heavy (non-hydrogen) atoms. The molecular weight excluding hydrogens is 358 g/mol. The van der Waals surface area contributed by atoms with Gasteiger partial charge in [0.05, 0.1) is 12.0 Å². The lowest BCUT2D eigenvalue weighted by Gasteiger charge is -2.15. The van der Waals surface area contributed by atoms with Crippen LogP contribution in [0.2, 0.25) is 0 Å². The molecule has 3 aromatic rings. The van der Waals surface area contributed by atoms with Gasteiger partial charge in [0, 0.05) is 24.0 Å². The van der Waals surface area contributed by atoms with Crippen LogP contribution in [0.3, 0.4) is 0 Å². The zero-order valence-electron chi connectivity index (χ0n) is 15.8. The van der Waals surface area contributed by atoms with Crippen molar-refractivity contribution < 1.29 is 9.53 Å². The van der Waals surface area contributed by atoms with E-state index in [9.17, 15) is 4.79 Å². The van der Waals surface area contributed by atoms with Crippen molar-refractivity contribution in [1.29, 1.82) is 0 Å². The molecule has 1 amide bonds. The van der Waals surface area contributed by atoms with Crippen molar-refractivity contribution in [2.24, 2.45) is 7.05 Å². The summed E-state index contributed by atoms with van der Waals surface area (Å²) in [5, 5.41) is 8.92. The Labute approximate surface area is 163 Å². The number of nitrogens with zero attached hydrogens (tertiary/aromatic N) is 2. The molecule has 0 radical (unpaired) electrons. The minimum absolute atomic E-state index is 0.0414. The van der Waals surface area contributed by atoms with Crippen LogP contribution in [0.15, 0.2) is 30.3 Å². The second kappa shape index (κ2) is 7.72. The number of nitrogens with one attached hydrogen (secondary N) is 1. The standard InChI is InChI=1S/C21H25N3O2S/c1-24-21-17(19(23-24)14-8-7-11-16(12-14)26-2)13-18(27-21)20(25)22-15-9-5-3-4-6-10-15/h7-8,11-13,15H,3-6,9-10H2,1-2H3,(H,22,25). The second-order valence-corrected chi connectivity index (χ2v) is 8.23.